The van der Waals surface area contributed by atoms with Crippen LogP contribution in [0.15, 0.2) is 0 Å². The second kappa shape index (κ2) is 6.08. The topological polar surface area (TPSA) is 36.9 Å². The summed E-state index contributed by atoms with van der Waals surface area (Å²) in [6, 6.07) is 0. The van der Waals surface area contributed by atoms with Crippen LogP contribution in [0.25, 0.3) is 0 Å². The predicted molar refractivity (Wildman–Crippen MR) is 82.1 cm³/mol. The molecule has 0 unspecified atom stereocenters. The van der Waals surface area contributed by atoms with Gasteiger partial charge in [0.05, 0.1) is 6.61 Å². The highest BCUT2D eigenvalue weighted by atomic mass is 19.4. The molecule has 0 aromatic rings. The minimum absolute atomic E-state index is 0.0586. The first-order chi connectivity index (χ1) is 11.7. The summed E-state index contributed by atoms with van der Waals surface area (Å²) in [4.78, 5) is 11.7. The molecule has 1 aliphatic carbocycles. The fourth-order valence-electron chi connectivity index (χ4n) is 5.57. The zero-order valence-electron chi connectivity index (χ0n) is 14.8. The summed E-state index contributed by atoms with van der Waals surface area (Å²) in [6.07, 6.45) is -1.01. The Balaban J connectivity index is 1.57. The van der Waals surface area contributed by atoms with Crippen LogP contribution in [0.5, 0.6) is 0 Å². The highest BCUT2D eigenvalue weighted by molar-refractivity contribution is 5.08. The van der Waals surface area contributed by atoms with E-state index in [0.717, 1.165) is 25.7 Å². The van der Waals surface area contributed by atoms with E-state index in [1.54, 1.807) is 0 Å². The first-order valence-electron chi connectivity index (χ1n) is 9.46. The minimum atomic E-state index is -4.10. The third-order valence-corrected chi connectivity index (χ3v) is 6.84. The Labute approximate surface area is 146 Å². The molecule has 0 amide bonds. The Bertz CT molecular complexity index is 513. The van der Waals surface area contributed by atoms with Gasteiger partial charge in [-0.2, -0.15) is 13.2 Å². The Morgan fingerprint density at radius 1 is 1.08 bits per heavy atom. The number of rotatable bonds is 3. The molecular weight excluding hydrogens is 337 g/mol. The molecule has 4 heterocycles. The van der Waals surface area contributed by atoms with Gasteiger partial charge in [0.25, 0.3) is 0 Å². The molecule has 5 aliphatic rings. The molecule has 0 N–H and O–H groups in total. The van der Waals surface area contributed by atoms with Crippen LogP contribution in [0.2, 0.25) is 0 Å². The van der Waals surface area contributed by atoms with Crippen molar-refractivity contribution in [3.8, 4) is 0 Å². The number of alkyl halides is 3. The third kappa shape index (κ3) is 3.01. The normalized spacial score (nSPS) is 49.6. The summed E-state index contributed by atoms with van der Waals surface area (Å²) in [5.41, 5.74) is -0.672. The third-order valence-electron chi connectivity index (χ3n) is 6.84. The van der Waals surface area contributed by atoms with Gasteiger partial charge in [-0.05, 0) is 56.8 Å². The predicted octanol–water partition coefficient (Wildman–Crippen LogP) is 4.58. The zero-order valence-corrected chi connectivity index (χ0v) is 14.8. The molecule has 4 aliphatic heterocycles. The smallest absolute Gasteiger partial charge is 0.349 e. The quantitative estimate of drug-likeness (QED) is 0.687. The van der Waals surface area contributed by atoms with Gasteiger partial charge in [-0.25, -0.2) is 9.78 Å². The van der Waals surface area contributed by atoms with Gasteiger partial charge < -0.3 is 9.47 Å². The maximum atomic E-state index is 12.5. The Kier molecular flexibility index (Phi) is 4.38. The number of fused-ring (bicyclic) bond motifs is 2. The number of hydrogen-bond acceptors (Lipinski definition) is 4. The van der Waals surface area contributed by atoms with Crippen LogP contribution in [-0.2, 0) is 19.2 Å². The van der Waals surface area contributed by atoms with Crippen LogP contribution >= 0.6 is 0 Å². The first kappa shape index (κ1) is 18.0. The van der Waals surface area contributed by atoms with E-state index in [2.05, 4.69) is 6.92 Å². The Hall–Kier alpha value is -0.370. The maximum Gasteiger partial charge on any atom is 0.389 e. The van der Waals surface area contributed by atoms with Gasteiger partial charge in [0.2, 0.25) is 5.79 Å². The molecule has 2 bridgehead atoms. The molecule has 5 rings (SSSR count). The largest absolute Gasteiger partial charge is 0.389 e. The first-order valence-corrected chi connectivity index (χ1v) is 9.46. The fraction of sp³-hybridized carbons (Fsp3) is 1.00. The van der Waals surface area contributed by atoms with E-state index in [9.17, 15) is 13.2 Å². The Morgan fingerprint density at radius 2 is 1.88 bits per heavy atom. The van der Waals surface area contributed by atoms with Crippen LogP contribution < -0.4 is 0 Å². The summed E-state index contributed by atoms with van der Waals surface area (Å²) >= 11 is 0. The van der Waals surface area contributed by atoms with Gasteiger partial charge in [0.1, 0.15) is 0 Å². The molecule has 0 aromatic heterocycles. The van der Waals surface area contributed by atoms with Gasteiger partial charge >= 0.3 is 6.18 Å². The highest BCUT2D eigenvalue weighted by Crippen LogP contribution is 2.60. The van der Waals surface area contributed by atoms with Crippen molar-refractivity contribution in [1.82, 2.24) is 0 Å². The molecule has 0 aromatic carbocycles. The molecule has 7 atom stereocenters. The van der Waals surface area contributed by atoms with E-state index >= 15 is 0 Å². The summed E-state index contributed by atoms with van der Waals surface area (Å²) in [5.74, 6) is 0.113. The summed E-state index contributed by atoms with van der Waals surface area (Å²) in [6.45, 7) is 4.54. The van der Waals surface area contributed by atoms with Crippen molar-refractivity contribution in [3.05, 3.63) is 0 Å². The van der Waals surface area contributed by atoms with Crippen LogP contribution in [0.4, 0.5) is 13.2 Å². The van der Waals surface area contributed by atoms with Gasteiger partial charge in [-0.3, -0.25) is 0 Å². The Morgan fingerprint density at radius 3 is 2.64 bits per heavy atom. The summed E-state index contributed by atoms with van der Waals surface area (Å²) in [5, 5.41) is 0. The second-order valence-electron chi connectivity index (χ2n) is 8.51. The summed E-state index contributed by atoms with van der Waals surface area (Å²) < 4.78 is 49.7. The molecule has 144 valence electrons. The van der Waals surface area contributed by atoms with E-state index in [4.69, 9.17) is 19.2 Å². The fourth-order valence-corrected chi connectivity index (χ4v) is 5.57. The molecule has 25 heavy (non-hydrogen) atoms. The molecule has 0 radical (unpaired) electrons. The monoisotopic (exact) mass is 364 g/mol. The van der Waals surface area contributed by atoms with Gasteiger partial charge in [0.15, 0.2) is 11.9 Å². The number of hydrogen-bond donors (Lipinski definition) is 0. The van der Waals surface area contributed by atoms with Crippen molar-refractivity contribution in [1.29, 1.82) is 0 Å². The maximum absolute atomic E-state index is 12.5. The molecule has 1 spiro atoms. The molecule has 4 saturated heterocycles. The second-order valence-corrected chi connectivity index (χ2v) is 8.51. The van der Waals surface area contributed by atoms with E-state index in [0.29, 0.717) is 18.9 Å². The average molecular weight is 364 g/mol. The van der Waals surface area contributed by atoms with Gasteiger partial charge in [-0.15, -0.1) is 0 Å². The summed E-state index contributed by atoms with van der Waals surface area (Å²) in [7, 11) is 0. The van der Waals surface area contributed by atoms with Crippen molar-refractivity contribution < 1.29 is 32.4 Å². The minimum Gasteiger partial charge on any atom is -0.349 e. The lowest BCUT2D eigenvalue weighted by molar-refractivity contribution is -0.567. The number of halogens is 3. The standard InChI is InChI=1S/C18H27F3O4/c1-11-5-6-14-12(4-3-8-17(19,20)21)10-22-15-18(14)13(11)7-9-16(2,23-15)24-25-18/h11-15H,3-10H2,1-2H3/t11-,12+,13+,14+,15-,16+,18-/m1/s1. The van der Waals surface area contributed by atoms with Crippen LogP contribution in [0, 0.1) is 23.7 Å². The van der Waals surface area contributed by atoms with Gasteiger partial charge in [0, 0.05) is 18.8 Å². The van der Waals surface area contributed by atoms with Crippen molar-refractivity contribution in [2.45, 2.75) is 82.6 Å². The van der Waals surface area contributed by atoms with Crippen molar-refractivity contribution in [2.24, 2.45) is 23.7 Å². The molecule has 5 fully saturated rings. The van der Waals surface area contributed by atoms with E-state index in [1.165, 1.54) is 0 Å². The molecular formula is C18H27F3O4. The van der Waals surface area contributed by atoms with Crippen LogP contribution in [0.3, 0.4) is 0 Å². The molecule has 4 nitrogen and oxygen atoms in total. The lowest BCUT2D eigenvalue weighted by atomic mass is 9.57. The van der Waals surface area contributed by atoms with E-state index < -0.39 is 30.3 Å². The lowest BCUT2D eigenvalue weighted by Crippen LogP contribution is -2.69. The van der Waals surface area contributed by atoms with E-state index in [1.807, 2.05) is 6.92 Å². The molecule has 1 saturated carbocycles. The SMILES string of the molecule is C[C@@H]1CC[C@H]2[C@@H](CCCC(F)(F)F)CO[C@@H]3O[C@]4(C)CC[C@@H]1[C@]32OO4. The van der Waals surface area contributed by atoms with Crippen LogP contribution in [0.1, 0.15) is 58.8 Å². The van der Waals surface area contributed by atoms with Crippen molar-refractivity contribution in [2.75, 3.05) is 6.61 Å². The van der Waals surface area contributed by atoms with Crippen molar-refractivity contribution in [3.63, 3.8) is 0 Å². The molecule has 7 heteroatoms. The highest BCUT2D eigenvalue weighted by Gasteiger charge is 2.68. The van der Waals surface area contributed by atoms with Crippen LogP contribution in [-0.4, -0.2) is 30.5 Å². The average Bonchev–Trinajstić information content (AvgIpc) is 2.76. The number of ether oxygens (including phenoxy) is 2. The lowest BCUT2D eigenvalue weighted by Gasteiger charge is -2.59. The van der Waals surface area contributed by atoms with Crippen molar-refractivity contribution >= 4 is 0 Å². The van der Waals surface area contributed by atoms with E-state index in [-0.39, 0.29) is 24.2 Å². The zero-order chi connectivity index (χ0) is 17.9. The van der Waals surface area contributed by atoms with Gasteiger partial charge in [-0.1, -0.05) is 6.92 Å².